The van der Waals surface area contributed by atoms with E-state index in [9.17, 15) is 14.7 Å². The summed E-state index contributed by atoms with van der Waals surface area (Å²) in [6, 6.07) is 4.53. The van der Waals surface area contributed by atoms with Gasteiger partial charge in [-0.2, -0.15) is 0 Å². The average molecular weight is 357 g/mol. The quantitative estimate of drug-likeness (QED) is 0.775. The Hall–Kier alpha value is -1.60. The molecule has 7 heteroatoms. The number of hydrogen-bond donors (Lipinski definition) is 3. The lowest BCUT2D eigenvalue weighted by Gasteiger charge is -2.25. The number of benzene rings is 1. The molecule has 2 rings (SSSR count). The number of urea groups is 1. The van der Waals surface area contributed by atoms with Crippen LogP contribution in [-0.4, -0.2) is 36.4 Å². The number of carboxylic acid groups (broad SMARTS) is 1. The van der Waals surface area contributed by atoms with E-state index in [0.29, 0.717) is 5.69 Å². The highest BCUT2D eigenvalue weighted by molar-refractivity contribution is 9.10. The molecular formula is C14H17BrN2O4. The molecule has 2 atom stereocenters. The summed E-state index contributed by atoms with van der Waals surface area (Å²) in [5.74, 6) is -0.982. The zero-order valence-electron chi connectivity index (χ0n) is 11.8. The molecule has 21 heavy (non-hydrogen) atoms. The number of aryl methyl sites for hydroxylation is 1. The number of halogens is 1. The summed E-state index contributed by atoms with van der Waals surface area (Å²) >= 11 is 3.34. The van der Waals surface area contributed by atoms with Crippen LogP contribution in [-0.2, 0) is 9.53 Å². The minimum Gasteiger partial charge on any atom is -0.481 e. The summed E-state index contributed by atoms with van der Waals surface area (Å²) in [7, 11) is 0. The van der Waals surface area contributed by atoms with E-state index in [2.05, 4.69) is 26.6 Å². The van der Waals surface area contributed by atoms with E-state index < -0.39 is 23.5 Å². The summed E-state index contributed by atoms with van der Waals surface area (Å²) < 4.78 is 6.05. The maximum absolute atomic E-state index is 12.1. The van der Waals surface area contributed by atoms with Crippen molar-refractivity contribution in [3.63, 3.8) is 0 Å². The number of carbonyl (C=O) groups excluding carboxylic acids is 1. The molecule has 0 spiro atoms. The first-order valence-electron chi connectivity index (χ1n) is 6.48. The Bertz CT molecular complexity index is 578. The van der Waals surface area contributed by atoms with Gasteiger partial charge in [-0.05, 0) is 31.5 Å². The maximum Gasteiger partial charge on any atom is 0.319 e. The van der Waals surface area contributed by atoms with Crippen LogP contribution in [0, 0.1) is 12.3 Å². The van der Waals surface area contributed by atoms with Crippen LogP contribution >= 0.6 is 15.9 Å². The van der Waals surface area contributed by atoms with Gasteiger partial charge in [0, 0.05) is 10.2 Å². The number of anilines is 1. The standard InChI is InChI=1S/C14H17BrN2O4/c1-8-3-4-9(15)5-10(8)16-13(20)17-11-6-21-7-14(11,2)12(18)19/h3-5,11H,6-7H2,1-2H3,(H,18,19)(H2,16,17,20). The van der Waals surface area contributed by atoms with E-state index in [4.69, 9.17) is 4.74 Å². The van der Waals surface area contributed by atoms with Gasteiger partial charge in [-0.3, -0.25) is 4.79 Å². The number of nitrogens with one attached hydrogen (secondary N) is 2. The van der Waals surface area contributed by atoms with E-state index in [-0.39, 0.29) is 13.2 Å². The van der Waals surface area contributed by atoms with E-state index >= 15 is 0 Å². The third kappa shape index (κ3) is 3.36. The number of carbonyl (C=O) groups is 2. The minimum atomic E-state index is -1.11. The molecule has 6 nitrogen and oxygen atoms in total. The van der Waals surface area contributed by atoms with Crippen molar-refractivity contribution in [3.8, 4) is 0 Å². The fraction of sp³-hybridized carbons (Fsp3) is 0.429. The molecule has 0 aliphatic carbocycles. The van der Waals surface area contributed by atoms with E-state index in [1.807, 2.05) is 19.1 Å². The second-order valence-electron chi connectivity index (χ2n) is 5.35. The van der Waals surface area contributed by atoms with Crippen molar-refractivity contribution in [1.82, 2.24) is 5.32 Å². The second kappa shape index (κ2) is 6.03. The summed E-state index contributed by atoms with van der Waals surface area (Å²) in [6.45, 7) is 3.72. The molecule has 1 aliphatic heterocycles. The molecule has 0 bridgehead atoms. The summed E-state index contributed by atoms with van der Waals surface area (Å²) in [4.78, 5) is 23.4. The van der Waals surface area contributed by atoms with Crippen molar-refractivity contribution >= 4 is 33.6 Å². The molecule has 1 saturated heterocycles. The molecule has 1 fully saturated rings. The van der Waals surface area contributed by atoms with Gasteiger partial charge in [-0.15, -0.1) is 0 Å². The molecule has 0 radical (unpaired) electrons. The van der Waals surface area contributed by atoms with Crippen LogP contribution in [0.25, 0.3) is 0 Å². The number of carboxylic acids is 1. The Labute approximate surface area is 131 Å². The van der Waals surface area contributed by atoms with Crippen LogP contribution in [0.3, 0.4) is 0 Å². The summed E-state index contributed by atoms with van der Waals surface area (Å²) in [6.07, 6.45) is 0. The first-order chi connectivity index (χ1) is 9.83. The fourth-order valence-electron chi connectivity index (χ4n) is 2.13. The van der Waals surface area contributed by atoms with Gasteiger partial charge in [-0.1, -0.05) is 22.0 Å². The minimum absolute atomic E-state index is 0.0865. The lowest BCUT2D eigenvalue weighted by Crippen LogP contribution is -2.50. The molecule has 1 aliphatic rings. The van der Waals surface area contributed by atoms with E-state index in [1.54, 1.807) is 13.0 Å². The number of rotatable bonds is 3. The molecule has 3 N–H and O–H groups in total. The van der Waals surface area contributed by atoms with Crippen molar-refractivity contribution < 1.29 is 19.4 Å². The Kier molecular flexibility index (Phi) is 4.53. The lowest BCUT2D eigenvalue weighted by molar-refractivity contribution is -0.148. The molecule has 1 aromatic rings. The van der Waals surface area contributed by atoms with Gasteiger partial charge in [0.15, 0.2) is 0 Å². The van der Waals surface area contributed by atoms with Crippen molar-refractivity contribution in [2.45, 2.75) is 19.9 Å². The number of ether oxygens (including phenoxy) is 1. The van der Waals surface area contributed by atoms with Gasteiger partial charge in [0.05, 0.1) is 19.3 Å². The predicted octanol–water partition coefficient (Wildman–Crippen LogP) is 2.37. The predicted molar refractivity (Wildman–Crippen MR) is 81.4 cm³/mol. The average Bonchev–Trinajstić information content (AvgIpc) is 2.77. The third-order valence-electron chi connectivity index (χ3n) is 3.70. The zero-order chi connectivity index (χ0) is 15.6. The van der Waals surface area contributed by atoms with E-state index in [1.165, 1.54) is 0 Å². The fourth-order valence-corrected chi connectivity index (χ4v) is 2.49. The van der Waals surface area contributed by atoms with Gasteiger partial charge in [0.25, 0.3) is 0 Å². The number of amides is 2. The van der Waals surface area contributed by atoms with Crippen molar-refractivity contribution in [1.29, 1.82) is 0 Å². The van der Waals surface area contributed by atoms with Crippen molar-refractivity contribution in [2.24, 2.45) is 5.41 Å². The number of aliphatic carboxylic acids is 1. The number of hydrogen-bond acceptors (Lipinski definition) is 3. The molecule has 2 unspecified atom stereocenters. The molecule has 0 aromatic heterocycles. The van der Waals surface area contributed by atoms with Crippen LogP contribution < -0.4 is 10.6 Å². The summed E-state index contributed by atoms with van der Waals surface area (Å²) in [5.41, 5.74) is 0.471. The van der Waals surface area contributed by atoms with Crippen LogP contribution in [0.2, 0.25) is 0 Å². The van der Waals surface area contributed by atoms with Gasteiger partial charge >= 0.3 is 12.0 Å². The monoisotopic (exact) mass is 356 g/mol. The zero-order valence-corrected chi connectivity index (χ0v) is 13.4. The Morgan fingerprint density at radius 1 is 1.48 bits per heavy atom. The highest BCUT2D eigenvalue weighted by Crippen LogP contribution is 2.29. The van der Waals surface area contributed by atoms with Crippen LogP contribution in [0.4, 0.5) is 10.5 Å². The lowest BCUT2D eigenvalue weighted by atomic mass is 9.85. The Morgan fingerprint density at radius 2 is 2.19 bits per heavy atom. The summed E-state index contributed by atoms with van der Waals surface area (Å²) in [5, 5.41) is 14.7. The second-order valence-corrected chi connectivity index (χ2v) is 6.26. The van der Waals surface area contributed by atoms with Crippen molar-refractivity contribution in [2.75, 3.05) is 18.5 Å². The third-order valence-corrected chi connectivity index (χ3v) is 4.19. The molecule has 1 heterocycles. The van der Waals surface area contributed by atoms with Crippen LogP contribution in [0.5, 0.6) is 0 Å². The maximum atomic E-state index is 12.1. The topological polar surface area (TPSA) is 87.7 Å². The molecule has 114 valence electrons. The highest BCUT2D eigenvalue weighted by atomic mass is 79.9. The first kappa shape index (κ1) is 15.8. The van der Waals surface area contributed by atoms with Crippen LogP contribution in [0.15, 0.2) is 22.7 Å². The van der Waals surface area contributed by atoms with Gasteiger partial charge in [0.1, 0.15) is 5.41 Å². The smallest absolute Gasteiger partial charge is 0.319 e. The highest BCUT2D eigenvalue weighted by Gasteiger charge is 2.47. The van der Waals surface area contributed by atoms with Crippen molar-refractivity contribution in [3.05, 3.63) is 28.2 Å². The van der Waals surface area contributed by atoms with Gasteiger partial charge < -0.3 is 20.5 Å². The van der Waals surface area contributed by atoms with Gasteiger partial charge in [-0.25, -0.2) is 4.79 Å². The van der Waals surface area contributed by atoms with E-state index in [0.717, 1.165) is 10.0 Å². The Morgan fingerprint density at radius 3 is 2.86 bits per heavy atom. The van der Waals surface area contributed by atoms with Gasteiger partial charge in [0.2, 0.25) is 0 Å². The largest absolute Gasteiger partial charge is 0.481 e. The molecule has 2 amide bonds. The SMILES string of the molecule is Cc1ccc(Br)cc1NC(=O)NC1COCC1(C)C(=O)O. The molecular weight excluding hydrogens is 340 g/mol. The normalized spacial score (nSPS) is 24.6. The first-order valence-corrected chi connectivity index (χ1v) is 7.27. The Balaban J connectivity index is 2.05. The molecule has 0 saturated carbocycles. The molecule has 1 aromatic carbocycles. The van der Waals surface area contributed by atoms with Crippen LogP contribution in [0.1, 0.15) is 12.5 Å².